The Morgan fingerprint density at radius 1 is 1.41 bits per heavy atom. The molecule has 17 heavy (non-hydrogen) atoms. The lowest BCUT2D eigenvalue weighted by molar-refractivity contribution is -0.122. The van der Waals surface area contributed by atoms with Gasteiger partial charge in [-0.25, -0.2) is 0 Å². The number of ether oxygens (including phenoxy) is 1. The van der Waals surface area contributed by atoms with Gasteiger partial charge in [0.2, 0.25) is 5.91 Å². The Kier molecular flexibility index (Phi) is 6.47. The third-order valence-corrected chi connectivity index (χ3v) is 2.85. The molecule has 1 aliphatic heterocycles. The SMILES string of the molecule is COCCCNC(=O)CN1CC(C)NC(C)C1. The first-order chi connectivity index (χ1) is 8.11. The van der Waals surface area contributed by atoms with Crippen molar-refractivity contribution < 1.29 is 9.53 Å². The average molecular weight is 243 g/mol. The van der Waals surface area contributed by atoms with Crippen LogP contribution in [0.4, 0.5) is 0 Å². The molecule has 5 nitrogen and oxygen atoms in total. The zero-order valence-corrected chi connectivity index (χ0v) is 11.2. The third kappa shape index (κ3) is 6.00. The van der Waals surface area contributed by atoms with Crippen LogP contribution in [0.5, 0.6) is 0 Å². The number of amides is 1. The number of rotatable bonds is 6. The summed E-state index contributed by atoms with van der Waals surface area (Å²) in [4.78, 5) is 13.9. The molecular formula is C12H25N3O2. The fraction of sp³-hybridized carbons (Fsp3) is 0.917. The van der Waals surface area contributed by atoms with Crippen molar-refractivity contribution in [3.05, 3.63) is 0 Å². The maximum Gasteiger partial charge on any atom is 0.234 e. The van der Waals surface area contributed by atoms with Crippen molar-refractivity contribution in [1.29, 1.82) is 0 Å². The highest BCUT2D eigenvalue weighted by Crippen LogP contribution is 2.03. The molecule has 1 amide bonds. The molecule has 0 saturated carbocycles. The lowest BCUT2D eigenvalue weighted by Gasteiger charge is -2.35. The molecule has 0 aromatic carbocycles. The highest BCUT2D eigenvalue weighted by molar-refractivity contribution is 5.78. The van der Waals surface area contributed by atoms with E-state index in [1.165, 1.54) is 0 Å². The molecule has 0 aliphatic carbocycles. The summed E-state index contributed by atoms with van der Waals surface area (Å²) in [6.45, 7) is 8.08. The fourth-order valence-electron chi connectivity index (χ4n) is 2.27. The highest BCUT2D eigenvalue weighted by atomic mass is 16.5. The number of hydrogen-bond donors (Lipinski definition) is 2. The van der Waals surface area contributed by atoms with E-state index in [1.54, 1.807) is 7.11 Å². The number of carbonyl (C=O) groups excluding carboxylic acids is 1. The second kappa shape index (κ2) is 7.63. The quantitative estimate of drug-likeness (QED) is 0.636. The van der Waals surface area contributed by atoms with E-state index in [0.717, 1.165) is 19.5 Å². The first-order valence-electron chi connectivity index (χ1n) is 6.36. The Hall–Kier alpha value is -0.650. The molecular weight excluding hydrogens is 218 g/mol. The predicted octanol–water partition coefficient (Wildman–Crippen LogP) is -0.179. The molecule has 0 bridgehead atoms. The van der Waals surface area contributed by atoms with E-state index in [1.807, 2.05) is 0 Å². The van der Waals surface area contributed by atoms with Gasteiger partial charge in [-0.15, -0.1) is 0 Å². The summed E-state index contributed by atoms with van der Waals surface area (Å²) in [5.74, 6) is 0.113. The van der Waals surface area contributed by atoms with Crippen LogP contribution in [-0.4, -0.2) is 62.8 Å². The van der Waals surface area contributed by atoms with Gasteiger partial charge in [0.05, 0.1) is 6.54 Å². The van der Waals surface area contributed by atoms with Gasteiger partial charge in [0.15, 0.2) is 0 Å². The Labute approximate surface area is 104 Å². The molecule has 0 radical (unpaired) electrons. The number of methoxy groups -OCH3 is 1. The largest absolute Gasteiger partial charge is 0.385 e. The summed E-state index contributed by atoms with van der Waals surface area (Å²) >= 11 is 0. The van der Waals surface area contributed by atoms with Gasteiger partial charge in [0.1, 0.15) is 0 Å². The number of nitrogens with one attached hydrogen (secondary N) is 2. The molecule has 1 fully saturated rings. The van der Waals surface area contributed by atoms with E-state index in [0.29, 0.717) is 31.8 Å². The Bertz CT molecular complexity index is 226. The number of nitrogens with zero attached hydrogens (tertiary/aromatic N) is 1. The lowest BCUT2D eigenvalue weighted by atomic mass is 10.1. The maximum absolute atomic E-state index is 11.7. The Balaban J connectivity index is 2.16. The molecule has 1 heterocycles. The van der Waals surface area contributed by atoms with Gasteiger partial charge in [0, 0.05) is 45.4 Å². The van der Waals surface area contributed by atoms with Gasteiger partial charge in [-0.1, -0.05) is 0 Å². The molecule has 100 valence electrons. The van der Waals surface area contributed by atoms with Gasteiger partial charge >= 0.3 is 0 Å². The first kappa shape index (κ1) is 14.4. The number of carbonyl (C=O) groups is 1. The second-order valence-electron chi connectivity index (χ2n) is 4.86. The summed E-state index contributed by atoms with van der Waals surface area (Å²) in [6.07, 6.45) is 0.872. The van der Waals surface area contributed by atoms with Crippen molar-refractivity contribution in [2.24, 2.45) is 0 Å². The van der Waals surface area contributed by atoms with Crippen LogP contribution < -0.4 is 10.6 Å². The van der Waals surface area contributed by atoms with Gasteiger partial charge in [-0.2, -0.15) is 0 Å². The van der Waals surface area contributed by atoms with Crippen LogP contribution in [0.3, 0.4) is 0 Å². The minimum Gasteiger partial charge on any atom is -0.385 e. The van der Waals surface area contributed by atoms with Crippen molar-refractivity contribution in [2.75, 3.05) is 39.9 Å². The predicted molar refractivity (Wildman–Crippen MR) is 68.0 cm³/mol. The van der Waals surface area contributed by atoms with Crippen LogP contribution in [0, 0.1) is 0 Å². The number of hydrogen-bond acceptors (Lipinski definition) is 4. The van der Waals surface area contributed by atoms with Crippen LogP contribution in [0.1, 0.15) is 20.3 Å². The Morgan fingerprint density at radius 3 is 2.65 bits per heavy atom. The van der Waals surface area contributed by atoms with Crippen molar-refractivity contribution in [3.63, 3.8) is 0 Å². The molecule has 2 atom stereocenters. The van der Waals surface area contributed by atoms with Crippen LogP contribution in [0.15, 0.2) is 0 Å². The fourth-order valence-corrected chi connectivity index (χ4v) is 2.27. The van der Waals surface area contributed by atoms with Gasteiger partial charge < -0.3 is 15.4 Å². The van der Waals surface area contributed by atoms with Crippen LogP contribution in [0.25, 0.3) is 0 Å². The second-order valence-corrected chi connectivity index (χ2v) is 4.86. The average Bonchev–Trinajstić information content (AvgIpc) is 2.23. The minimum atomic E-state index is 0.113. The van der Waals surface area contributed by atoms with E-state index >= 15 is 0 Å². The molecule has 0 spiro atoms. The van der Waals surface area contributed by atoms with Crippen LogP contribution in [0.2, 0.25) is 0 Å². The molecule has 1 rings (SSSR count). The number of piperazine rings is 1. The molecule has 0 aromatic rings. The van der Waals surface area contributed by atoms with Gasteiger partial charge in [-0.3, -0.25) is 9.69 Å². The van der Waals surface area contributed by atoms with Crippen molar-refractivity contribution >= 4 is 5.91 Å². The van der Waals surface area contributed by atoms with Crippen LogP contribution >= 0.6 is 0 Å². The third-order valence-electron chi connectivity index (χ3n) is 2.85. The van der Waals surface area contributed by atoms with Gasteiger partial charge in [-0.05, 0) is 20.3 Å². The molecule has 5 heteroatoms. The summed E-state index contributed by atoms with van der Waals surface area (Å²) in [6, 6.07) is 0.917. The topological polar surface area (TPSA) is 53.6 Å². The molecule has 2 N–H and O–H groups in total. The summed E-state index contributed by atoms with van der Waals surface area (Å²) in [5, 5.41) is 6.37. The van der Waals surface area contributed by atoms with Crippen LogP contribution in [-0.2, 0) is 9.53 Å². The molecule has 1 aliphatic rings. The molecule has 2 unspecified atom stereocenters. The lowest BCUT2D eigenvalue weighted by Crippen LogP contribution is -2.56. The van der Waals surface area contributed by atoms with E-state index in [2.05, 4.69) is 29.4 Å². The molecule has 0 aromatic heterocycles. The minimum absolute atomic E-state index is 0.113. The van der Waals surface area contributed by atoms with E-state index in [4.69, 9.17) is 4.74 Å². The van der Waals surface area contributed by atoms with E-state index in [-0.39, 0.29) is 5.91 Å². The summed E-state index contributed by atoms with van der Waals surface area (Å²) < 4.78 is 4.93. The molecule has 1 saturated heterocycles. The first-order valence-corrected chi connectivity index (χ1v) is 6.36. The standard InChI is InChI=1S/C12H25N3O2/c1-10-7-15(8-11(2)14-10)9-12(16)13-5-4-6-17-3/h10-11,14H,4-9H2,1-3H3,(H,13,16). The van der Waals surface area contributed by atoms with Crippen molar-refractivity contribution in [1.82, 2.24) is 15.5 Å². The Morgan fingerprint density at radius 2 is 2.06 bits per heavy atom. The van der Waals surface area contributed by atoms with Crippen molar-refractivity contribution in [2.45, 2.75) is 32.4 Å². The smallest absolute Gasteiger partial charge is 0.234 e. The van der Waals surface area contributed by atoms with Crippen molar-refractivity contribution in [3.8, 4) is 0 Å². The monoisotopic (exact) mass is 243 g/mol. The van der Waals surface area contributed by atoms with E-state index < -0.39 is 0 Å². The normalized spacial score (nSPS) is 25.8. The zero-order valence-electron chi connectivity index (χ0n) is 11.2. The highest BCUT2D eigenvalue weighted by Gasteiger charge is 2.22. The summed E-state index contributed by atoms with van der Waals surface area (Å²) in [7, 11) is 1.67. The summed E-state index contributed by atoms with van der Waals surface area (Å²) in [5.41, 5.74) is 0. The zero-order chi connectivity index (χ0) is 12.7. The maximum atomic E-state index is 11.7. The van der Waals surface area contributed by atoms with E-state index in [9.17, 15) is 4.79 Å². The van der Waals surface area contributed by atoms with Gasteiger partial charge in [0.25, 0.3) is 0 Å².